The maximum absolute atomic E-state index is 13.2. The number of hydrogen-bond acceptors (Lipinski definition) is 2. The number of aryl methyl sites for hydroxylation is 1. The number of benzene rings is 2. The molecule has 0 bridgehead atoms. The molecule has 0 atom stereocenters. The maximum atomic E-state index is 13.2. The predicted molar refractivity (Wildman–Crippen MR) is 108 cm³/mol. The number of alkyl halides is 4. The molecule has 0 saturated carbocycles. The van der Waals surface area contributed by atoms with Gasteiger partial charge in [-0.15, -0.1) is 0 Å². The summed E-state index contributed by atoms with van der Waals surface area (Å²) < 4.78 is 47.2. The Labute approximate surface area is 169 Å². The van der Waals surface area contributed by atoms with Gasteiger partial charge in [-0.2, -0.15) is 18.3 Å². The van der Waals surface area contributed by atoms with Gasteiger partial charge >= 0.3 is 6.18 Å². The van der Waals surface area contributed by atoms with Crippen molar-refractivity contribution < 1.29 is 17.9 Å². The smallest absolute Gasteiger partial charge is 0.435 e. The topological polar surface area (TPSA) is 27.1 Å². The van der Waals surface area contributed by atoms with Crippen molar-refractivity contribution in [3.05, 3.63) is 65.9 Å². The highest BCUT2D eigenvalue weighted by Crippen LogP contribution is 2.33. The van der Waals surface area contributed by atoms with Crippen LogP contribution in [0.5, 0.6) is 5.75 Å². The molecular formula is C20H18F3IN2O. The zero-order valence-corrected chi connectivity index (χ0v) is 16.8. The van der Waals surface area contributed by atoms with Gasteiger partial charge in [0.15, 0.2) is 5.69 Å². The number of aromatic nitrogens is 2. The summed E-state index contributed by atoms with van der Waals surface area (Å²) in [5, 5.41) is 3.81. The molecule has 27 heavy (non-hydrogen) atoms. The molecule has 1 heterocycles. The van der Waals surface area contributed by atoms with Crippen molar-refractivity contribution in [2.75, 3.05) is 11.5 Å². The minimum Gasteiger partial charge on any atom is -0.497 e. The summed E-state index contributed by atoms with van der Waals surface area (Å²) in [5.41, 5.74) is 1.87. The highest BCUT2D eigenvalue weighted by Gasteiger charge is 2.35. The molecule has 0 N–H and O–H groups in total. The fourth-order valence-electron chi connectivity index (χ4n) is 2.76. The van der Waals surface area contributed by atoms with E-state index in [1.807, 2.05) is 24.3 Å². The molecule has 0 saturated heterocycles. The highest BCUT2D eigenvalue weighted by atomic mass is 127. The second-order valence-corrected chi connectivity index (χ2v) is 7.09. The van der Waals surface area contributed by atoms with Gasteiger partial charge in [0.1, 0.15) is 5.75 Å². The molecule has 0 aliphatic carbocycles. The van der Waals surface area contributed by atoms with Gasteiger partial charge < -0.3 is 4.74 Å². The van der Waals surface area contributed by atoms with Crippen LogP contribution in [0.1, 0.15) is 17.7 Å². The van der Waals surface area contributed by atoms with Crippen molar-refractivity contribution in [2.45, 2.75) is 19.0 Å². The Morgan fingerprint density at radius 1 is 1.04 bits per heavy atom. The molecule has 0 unspecified atom stereocenters. The molecule has 142 valence electrons. The lowest BCUT2D eigenvalue weighted by Gasteiger charge is -2.09. The first-order valence-corrected chi connectivity index (χ1v) is 9.92. The van der Waals surface area contributed by atoms with Gasteiger partial charge in [-0.25, -0.2) is 4.68 Å². The first kappa shape index (κ1) is 19.7. The summed E-state index contributed by atoms with van der Waals surface area (Å²) in [6.07, 6.45) is -2.48. The van der Waals surface area contributed by atoms with E-state index < -0.39 is 11.9 Å². The first-order valence-electron chi connectivity index (χ1n) is 8.39. The van der Waals surface area contributed by atoms with Crippen LogP contribution in [0.4, 0.5) is 13.2 Å². The molecule has 2 aromatic carbocycles. The number of ether oxygens (including phenoxy) is 1. The number of rotatable bonds is 6. The summed E-state index contributed by atoms with van der Waals surface area (Å²) in [6.45, 7) is 0. The van der Waals surface area contributed by atoms with Crippen LogP contribution in [0, 0.1) is 0 Å². The van der Waals surface area contributed by atoms with Crippen LogP contribution < -0.4 is 4.74 Å². The summed E-state index contributed by atoms with van der Waals surface area (Å²) in [7, 11) is 1.54. The van der Waals surface area contributed by atoms with Gasteiger partial charge in [0.2, 0.25) is 0 Å². The Kier molecular flexibility index (Phi) is 6.08. The summed E-state index contributed by atoms with van der Waals surface area (Å²) >= 11 is 2.33. The zero-order chi connectivity index (χ0) is 19.4. The third-order valence-corrected chi connectivity index (χ3v) is 4.93. The van der Waals surface area contributed by atoms with E-state index in [-0.39, 0.29) is 0 Å². The Morgan fingerprint density at radius 3 is 2.26 bits per heavy atom. The number of methoxy groups -OCH3 is 1. The van der Waals surface area contributed by atoms with Crippen molar-refractivity contribution in [3.8, 4) is 22.7 Å². The Bertz CT molecular complexity index is 887. The Balaban J connectivity index is 2.03. The lowest BCUT2D eigenvalue weighted by atomic mass is 10.1. The summed E-state index contributed by atoms with van der Waals surface area (Å²) in [6, 6.07) is 15.5. The largest absolute Gasteiger partial charge is 0.497 e. The normalized spacial score (nSPS) is 11.6. The monoisotopic (exact) mass is 486 g/mol. The van der Waals surface area contributed by atoms with Crippen molar-refractivity contribution in [1.29, 1.82) is 0 Å². The van der Waals surface area contributed by atoms with E-state index >= 15 is 0 Å². The van der Waals surface area contributed by atoms with Crippen LogP contribution in [0.15, 0.2) is 54.6 Å². The molecule has 0 radical (unpaired) electrons. The molecule has 0 fully saturated rings. The fraction of sp³-hybridized carbons (Fsp3) is 0.250. The third-order valence-electron chi connectivity index (χ3n) is 4.17. The third kappa shape index (κ3) is 4.63. The van der Waals surface area contributed by atoms with Crippen LogP contribution in [0.3, 0.4) is 0 Å². The number of nitrogens with zero attached hydrogens (tertiary/aromatic N) is 2. The van der Waals surface area contributed by atoms with Crippen LogP contribution in [-0.4, -0.2) is 21.3 Å². The maximum Gasteiger partial charge on any atom is 0.435 e. The minimum absolute atomic E-state index is 0.396. The minimum atomic E-state index is -4.51. The second kappa shape index (κ2) is 8.33. The molecule has 0 spiro atoms. The summed E-state index contributed by atoms with van der Waals surface area (Å²) in [4.78, 5) is 0. The molecule has 3 aromatic rings. The molecular weight excluding hydrogens is 468 g/mol. The van der Waals surface area contributed by atoms with Crippen molar-refractivity contribution in [3.63, 3.8) is 0 Å². The zero-order valence-electron chi connectivity index (χ0n) is 14.6. The highest BCUT2D eigenvalue weighted by molar-refractivity contribution is 14.1. The van der Waals surface area contributed by atoms with Crippen LogP contribution in [0.2, 0.25) is 0 Å². The van der Waals surface area contributed by atoms with E-state index in [0.29, 0.717) is 22.7 Å². The van der Waals surface area contributed by atoms with E-state index in [0.717, 1.165) is 23.3 Å². The van der Waals surface area contributed by atoms with Crippen LogP contribution >= 0.6 is 22.6 Å². The molecule has 0 aliphatic rings. The second-order valence-electron chi connectivity index (χ2n) is 6.01. The first-order chi connectivity index (χ1) is 12.9. The lowest BCUT2D eigenvalue weighted by molar-refractivity contribution is -0.141. The van der Waals surface area contributed by atoms with Gasteiger partial charge in [-0.1, -0.05) is 46.9 Å². The molecule has 3 nitrogen and oxygen atoms in total. The van der Waals surface area contributed by atoms with E-state index in [9.17, 15) is 13.2 Å². The quantitative estimate of drug-likeness (QED) is 0.319. The molecule has 1 aromatic heterocycles. The van der Waals surface area contributed by atoms with Crippen LogP contribution in [0.25, 0.3) is 16.9 Å². The van der Waals surface area contributed by atoms with Crippen molar-refractivity contribution >= 4 is 22.6 Å². The van der Waals surface area contributed by atoms with Gasteiger partial charge in [-0.05, 0) is 53.2 Å². The lowest BCUT2D eigenvalue weighted by Crippen LogP contribution is -2.07. The molecule has 0 amide bonds. The molecule has 0 aliphatic heterocycles. The number of hydrogen-bond donors (Lipinski definition) is 0. The van der Waals surface area contributed by atoms with Crippen molar-refractivity contribution in [2.24, 2.45) is 0 Å². The summed E-state index contributed by atoms with van der Waals surface area (Å²) in [5.74, 6) is 0.628. The fourth-order valence-corrected chi connectivity index (χ4v) is 3.14. The van der Waals surface area contributed by atoms with Crippen LogP contribution in [-0.2, 0) is 12.6 Å². The Morgan fingerprint density at radius 2 is 1.70 bits per heavy atom. The average molecular weight is 486 g/mol. The van der Waals surface area contributed by atoms with Crippen molar-refractivity contribution in [1.82, 2.24) is 9.78 Å². The van der Waals surface area contributed by atoms with Gasteiger partial charge in [0.25, 0.3) is 0 Å². The van der Waals surface area contributed by atoms with Gasteiger partial charge in [-0.3, -0.25) is 0 Å². The van der Waals surface area contributed by atoms with Gasteiger partial charge in [0.05, 0.1) is 18.5 Å². The van der Waals surface area contributed by atoms with E-state index in [1.165, 1.54) is 17.4 Å². The SMILES string of the molecule is COc1ccc(-n2nc(C(F)(F)F)cc2-c2ccc(CCCI)cc2)cc1. The molecule has 3 rings (SSSR count). The Hall–Kier alpha value is -2.03. The molecule has 7 heteroatoms. The van der Waals surface area contributed by atoms with E-state index in [2.05, 4.69) is 27.7 Å². The number of halogens is 4. The van der Waals surface area contributed by atoms with Gasteiger partial charge in [0, 0.05) is 5.56 Å². The van der Waals surface area contributed by atoms with E-state index in [4.69, 9.17) is 4.74 Å². The van der Waals surface area contributed by atoms with E-state index in [1.54, 1.807) is 24.3 Å². The predicted octanol–water partition coefficient (Wildman–Crippen LogP) is 5.93. The average Bonchev–Trinajstić information content (AvgIpc) is 3.13. The standard InChI is InChI=1S/C20H18F3IN2O/c1-27-17-10-8-16(9-11-17)26-18(13-19(25-26)20(21,22)23)15-6-4-14(5-7-15)3-2-12-24/h4-11,13H,2-3,12H2,1H3.